The summed E-state index contributed by atoms with van der Waals surface area (Å²) >= 11 is 0. The third kappa shape index (κ3) is 3.47. The Morgan fingerprint density at radius 2 is 1.39 bits per heavy atom. The van der Waals surface area contributed by atoms with Crippen LogP contribution in [0.15, 0.2) is 83.5 Å². The van der Waals surface area contributed by atoms with Crippen molar-refractivity contribution in [1.29, 1.82) is 0 Å². The van der Waals surface area contributed by atoms with Crippen LogP contribution in [0, 0.1) is 18.6 Å². The molecule has 0 aromatic heterocycles. The minimum atomic E-state index is -0.363. The molecule has 0 spiro atoms. The number of amidine groups is 1. The second kappa shape index (κ2) is 7.19. The fraction of sp³-hybridized carbons (Fsp3) is 0.0435. The molecule has 0 N–H and O–H groups in total. The first kappa shape index (κ1) is 17.8. The molecule has 0 aliphatic carbocycles. The van der Waals surface area contributed by atoms with Crippen LogP contribution in [0.3, 0.4) is 0 Å². The lowest BCUT2D eigenvalue weighted by Gasteiger charge is -2.18. The Kier molecular flexibility index (Phi) is 4.57. The number of carbonyl (C=O) groups is 1. The van der Waals surface area contributed by atoms with Crippen molar-refractivity contribution >= 4 is 23.5 Å². The van der Waals surface area contributed by atoms with E-state index >= 15 is 0 Å². The van der Waals surface area contributed by atoms with Gasteiger partial charge in [-0.05, 0) is 67.1 Å². The van der Waals surface area contributed by atoms with Crippen molar-refractivity contribution in [2.75, 3.05) is 4.90 Å². The standard InChI is InChI=1S/C23H16F2N2O/c1-15-2-12-20(13-3-15)27-22(17-6-10-19(25)11-7-17)26-21(23(27)28)14-16-4-8-18(24)9-5-16/h2-14H,1H3/b21-14+. The van der Waals surface area contributed by atoms with Crippen LogP contribution >= 0.6 is 0 Å². The quantitative estimate of drug-likeness (QED) is 0.587. The highest BCUT2D eigenvalue weighted by Crippen LogP contribution is 2.28. The Balaban J connectivity index is 1.81. The van der Waals surface area contributed by atoms with Gasteiger partial charge in [0.15, 0.2) is 0 Å². The van der Waals surface area contributed by atoms with E-state index < -0.39 is 0 Å². The molecule has 0 unspecified atom stereocenters. The first-order valence-electron chi connectivity index (χ1n) is 8.74. The number of aliphatic imine (C=N–C) groups is 1. The van der Waals surface area contributed by atoms with Gasteiger partial charge in [0.2, 0.25) is 0 Å². The summed E-state index contributed by atoms with van der Waals surface area (Å²) in [4.78, 5) is 19.1. The van der Waals surface area contributed by atoms with E-state index in [1.807, 2.05) is 31.2 Å². The normalized spacial score (nSPS) is 15.2. The van der Waals surface area contributed by atoms with Crippen LogP contribution in [0.1, 0.15) is 16.7 Å². The first-order valence-corrected chi connectivity index (χ1v) is 8.74. The summed E-state index contributed by atoms with van der Waals surface area (Å²) < 4.78 is 26.5. The lowest BCUT2D eigenvalue weighted by molar-refractivity contribution is -0.113. The van der Waals surface area contributed by atoms with Crippen LogP contribution in [-0.2, 0) is 4.79 Å². The SMILES string of the molecule is Cc1ccc(N2C(=O)/C(=C\c3ccc(F)cc3)N=C2c2ccc(F)cc2)cc1. The van der Waals surface area contributed by atoms with Gasteiger partial charge in [0.05, 0.1) is 5.69 Å². The lowest BCUT2D eigenvalue weighted by atomic mass is 10.1. The number of halogens is 2. The number of anilines is 1. The predicted molar refractivity (Wildman–Crippen MR) is 106 cm³/mol. The molecule has 0 radical (unpaired) electrons. The summed E-state index contributed by atoms with van der Waals surface area (Å²) in [5.41, 5.74) is 3.25. The molecule has 1 aliphatic rings. The second-order valence-corrected chi connectivity index (χ2v) is 6.50. The van der Waals surface area contributed by atoms with E-state index in [1.165, 1.54) is 29.2 Å². The van der Waals surface area contributed by atoms with E-state index in [2.05, 4.69) is 4.99 Å². The molecule has 1 amide bonds. The van der Waals surface area contributed by atoms with Crippen molar-refractivity contribution in [3.63, 3.8) is 0 Å². The smallest absolute Gasteiger partial charge is 0.266 e. The summed E-state index contributed by atoms with van der Waals surface area (Å²) in [7, 11) is 0. The van der Waals surface area contributed by atoms with Gasteiger partial charge in [-0.3, -0.25) is 9.69 Å². The highest BCUT2D eigenvalue weighted by molar-refractivity contribution is 6.33. The van der Waals surface area contributed by atoms with E-state index in [0.717, 1.165) is 5.56 Å². The molecule has 0 bridgehead atoms. The number of carbonyl (C=O) groups excluding carboxylic acids is 1. The Morgan fingerprint density at radius 3 is 2.00 bits per heavy atom. The van der Waals surface area contributed by atoms with E-state index in [9.17, 15) is 13.6 Å². The zero-order valence-electron chi connectivity index (χ0n) is 15.1. The number of aryl methyl sites for hydroxylation is 1. The maximum atomic E-state index is 13.3. The fourth-order valence-electron chi connectivity index (χ4n) is 2.96. The van der Waals surface area contributed by atoms with Gasteiger partial charge >= 0.3 is 0 Å². The number of rotatable bonds is 3. The van der Waals surface area contributed by atoms with Crippen LogP contribution in [0.25, 0.3) is 6.08 Å². The molecular formula is C23H16F2N2O. The molecule has 4 rings (SSSR count). The average molecular weight is 374 g/mol. The number of hydrogen-bond acceptors (Lipinski definition) is 2. The number of hydrogen-bond donors (Lipinski definition) is 0. The topological polar surface area (TPSA) is 32.7 Å². The maximum absolute atomic E-state index is 13.3. The number of benzene rings is 3. The molecule has 138 valence electrons. The van der Waals surface area contributed by atoms with Gasteiger partial charge in [-0.15, -0.1) is 0 Å². The maximum Gasteiger partial charge on any atom is 0.282 e. The van der Waals surface area contributed by atoms with Crippen molar-refractivity contribution in [2.45, 2.75) is 6.92 Å². The second-order valence-electron chi connectivity index (χ2n) is 6.50. The molecule has 1 aliphatic heterocycles. The van der Waals surface area contributed by atoms with Crippen molar-refractivity contribution < 1.29 is 13.6 Å². The largest absolute Gasteiger partial charge is 0.282 e. The monoisotopic (exact) mass is 374 g/mol. The number of nitrogens with zero attached hydrogens (tertiary/aromatic N) is 2. The van der Waals surface area contributed by atoms with E-state index in [-0.39, 0.29) is 23.2 Å². The molecule has 1 heterocycles. The van der Waals surface area contributed by atoms with Gasteiger partial charge in [0.1, 0.15) is 23.2 Å². The minimum Gasteiger partial charge on any atom is -0.266 e. The van der Waals surface area contributed by atoms with Gasteiger partial charge in [-0.2, -0.15) is 0 Å². The van der Waals surface area contributed by atoms with Gasteiger partial charge in [-0.1, -0.05) is 29.8 Å². The molecule has 3 nitrogen and oxygen atoms in total. The lowest BCUT2D eigenvalue weighted by Crippen LogP contribution is -2.32. The molecule has 3 aromatic rings. The van der Waals surface area contributed by atoms with Crippen LogP contribution in [0.2, 0.25) is 0 Å². The molecule has 28 heavy (non-hydrogen) atoms. The van der Waals surface area contributed by atoms with Gasteiger partial charge in [0, 0.05) is 5.56 Å². The minimum absolute atomic E-state index is 0.228. The van der Waals surface area contributed by atoms with Gasteiger partial charge < -0.3 is 0 Å². The summed E-state index contributed by atoms with van der Waals surface area (Å²) in [5, 5.41) is 0. The Bertz CT molecular complexity index is 1080. The molecule has 0 saturated heterocycles. The van der Waals surface area contributed by atoms with Crippen LogP contribution in [-0.4, -0.2) is 11.7 Å². The zero-order valence-corrected chi connectivity index (χ0v) is 15.1. The molecule has 0 atom stereocenters. The molecule has 3 aromatic carbocycles. The molecule has 0 saturated carbocycles. The van der Waals surface area contributed by atoms with Crippen LogP contribution in [0.4, 0.5) is 14.5 Å². The Hall–Kier alpha value is -3.60. The average Bonchev–Trinajstić information content (AvgIpc) is 3.01. The summed E-state index contributed by atoms with van der Waals surface area (Å²) in [6.07, 6.45) is 1.61. The predicted octanol–water partition coefficient (Wildman–Crippen LogP) is 5.11. The summed E-state index contributed by atoms with van der Waals surface area (Å²) in [5.74, 6) is -0.593. The van der Waals surface area contributed by atoms with Crippen molar-refractivity contribution in [2.24, 2.45) is 4.99 Å². The Morgan fingerprint density at radius 1 is 0.821 bits per heavy atom. The van der Waals surface area contributed by atoms with Crippen LogP contribution in [0.5, 0.6) is 0 Å². The third-order valence-corrected chi connectivity index (χ3v) is 4.43. The van der Waals surface area contributed by atoms with E-state index in [0.29, 0.717) is 22.6 Å². The highest BCUT2D eigenvalue weighted by Gasteiger charge is 2.32. The fourth-order valence-corrected chi connectivity index (χ4v) is 2.96. The summed E-state index contributed by atoms with van der Waals surface area (Å²) in [6, 6.07) is 19.2. The first-order chi connectivity index (χ1) is 13.5. The molecular weight excluding hydrogens is 358 g/mol. The third-order valence-electron chi connectivity index (χ3n) is 4.43. The van der Waals surface area contributed by atoms with Gasteiger partial charge in [0.25, 0.3) is 5.91 Å². The summed E-state index contributed by atoms with van der Waals surface area (Å²) in [6.45, 7) is 1.96. The Labute approximate surface area is 161 Å². The zero-order chi connectivity index (χ0) is 19.7. The van der Waals surface area contributed by atoms with Gasteiger partial charge in [-0.25, -0.2) is 13.8 Å². The van der Waals surface area contributed by atoms with E-state index in [4.69, 9.17) is 0 Å². The highest BCUT2D eigenvalue weighted by atomic mass is 19.1. The van der Waals surface area contributed by atoms with Crippen molar-refractivity contribution in [1.82, 2.24) is 0 Å². The molecule has 5 heteroatoms. The number of amides is 1. The van der Waals surface area contributed by atoms with Crippen molar-refractivity contribution in [3.8, 4) is 0 Å². The molecule has 0 fully saturated rings. The van der Waals surface area contributed by atoms with Crippen LogP contribution < -0.4 is 4.90 Å². The van der Waals surface area contributed by atoms with Crippen molar-refractivity contribution in [3.05, 3.63) is 107 Å². The van der Waals surface area contributed by atoms with E-state index in [1.54, 1.807) is 30.3 Å².